The van der Waals surface area contributed by atoms with Crippen molar-refractivity contribution < 1.29 is 9.37 Å². The third-order valence-electron chi connectivity index (χ3n) is 4.05. The van der Waals surface area contributed by atoms with Crippen LogP contribution in [0, 0.1) is 5.41 Å². The van der Waals surface area contributed by atoms with Crippen LogP contribution in [-0.2, 0) is 12.8 Å². The normalized spacial score (nSPS) is 13.0. The molecule has 0 aliphatic heterocycles. The second kappa shape index (κ2) is 7.18. The number of hydrogen-bond donors (Lipinski definition) is 1. The van der Waals surface area contributed by atoms with Crippen LogP contribution in [0.15, 0.2) is 54.9 Å². The number of hydrogen-bond acceptors (Lipinski definition) is 1. The van der Waals surface area contributed by atoms with Crippen LogP contribution in [-0.4, -0.2) is 9.97 Å². The van der Waals surface area contributed by atoms with Crippen LogP contribution in [0.4, 0.5) is 4.39 Å². The molecule has 0 saturated heterocycles. The van der Waals surface area contributed by atoms with Gasteiger partial charge in [0.1, 0.15) is 5.82 Å². The van der Waals surface area contributed by atoms with Gasteiger partial charge in [-0.25, -0.2) is 14.4 Å². The summed E-state index contributed by atoms with van der Waals surface area (Å²) < 4.78 is 14.6. The Morgan fingerprint density at radius 1 is 1.12 bits per heavy atom. The van der Waals surface area contributed by atoms with E-state index in [-0.39, 0.29) is 5.41 Å². The molecule has 2 heterocycles. The standard InChI is InChI=1S/C21H24FN3/c1-21(2,3)13-17-14-24-20(25-17)18(22)12-15-7-9-16(10-8-15)19-6-4-5-11-23-19/h4-11,14,18H,12-13H2,1-3H3,(H,24,25)/p+1. The lowest BCUT2D eigenvalue weighted by atomic mass is 9.91. The largest absolute Gasteiger partial charge is 0.343 e. The molecule has 3 rings (SSSR count). The molecule has 3 aromatic rings. The SMILES string of the molecule is CC(C)(C)Cc1cnc(C(F)Cc2ccc(-c3cccc[nH+]3)cc2)[nH]1. The zero-order valence-electron chi connectivity index (χ0n) is 15.0. The highest BCUT2D eigenvalue weighted by Crippen LogP contribution is 2.24. The summed E-state index contributed by atoms with van der Waals surface area (Å²) in [5.74, 6) is 0.416. The highest BCUT2D eigenvalue weighted by molar-refractivity contribution is 5.56. The number of H-pyrrole nitrogens is 2. The first kappa shape index (κ1) is 17.3. The Labute approximate surface area is 148 Å². The van der Waals surface area contributed by atoms with Gasteiger partial charge in [0.05, 0.1) is 0 Å². The Morgan fingerprint density at radius 2 is 1.88 bits per heavy atom. The van der Waals surface area contributed by atoms with E-state index in [1.165, 1.54) is 0 Å². The van der Waals surface area contributed by atoms with E-state index in [0.29, 0.717) is 12.2 Å². The van der Waals surface area contributed by atoms with Crippen molar-refractivity contribution in [2.75, 3.05) is 0 Å². The Morgan fingerprint density at radius 3 is 2.52 bits per heavy atom. The van der Waals surface area contributed by atoms with Gasteiger partial charge >= 0.3 is 0 Å². The van der Waals surface area contributed by atoms with Gasteiger partial charge in [0, 0.05) is 36.0 Å². The van der Waals surface area contributed by atoms with Gasteiger partial charge in [-0.2, -0.15) is 0 Å². The maximum atomic E-state index is 14.6. The number of halogens is 1. The van der Waals surface area contributed by atoms with Crippen LogP contribution in [0.1, 0.15) is 44.0 Å². The molecular weight excluding hydrogens is 313 g/mol. The van der Waals surface area contributed by atoms with Crippen LogP contribution in [0.5, 0.6) is 0 Å². The number of imidazole rings is 1. The monoisotopic (exact) mass is 338 g/mol. The molecule has 0 spiro atoms. The summed E-state index contributed by atoms with van der Waals surface area (Å²) in [6.07, 6.45) is 3.70. The summed E-state index contributed by atoms with van der Waals surface area (Å²) in [7, 11) is 0. The van der Waals surface area contributed by atoms with Crippen molar-refractivity contribution in [2.45, 2.75) is 39.8 Å². The van der Waals surface area contributed by atoms with Crippen molar-refractivity contribution in [3.05, 3.63) is 71.9 Å². The Kier molecular flexibility index (Phi) is 4.98. The van der Waals surface area contributed by atoms with Crippen LogP contribution >= 0.6 is 0 Å². The highest BCUT2D eigenvalue weighted by atomic mass is 19.1. The van der Waals surface area contributed by atoms with Crippen molar-refractivity contribution >= 4 is 0 Å². The first-order chi connectivity index (χ1) is 11.9. The van der Waals surface area contributed by atoms with Gasteiger partial charge in [-0.1, -0.05) is 32.9 Å². The van der Waals surface area contributed by atoms with Crippen molar-refractivity contribution in [1.29, 1.82) is 0 Å². The molecular formula is C21H25FN3+. The minimum atomic E-state index is -1.12. The number of alkyl halides is 1. The molecule has 0 aliphatic carbocycles. The second-order valence-corrected chi connectivity index (χ2v) is 7.68. The lowest BCUT2D eigenvalue weighted by molar-refractivity contribution is -0.364. The van der Waals surface area contributed by atoms with Gasteiger partial charge in [0.2, 0.25) is 5.69 Å². The number of nitrogens with one attached hydrogen (secondary N) is 2. The first-order valence-corrected chi connectivity index (χ1v) is 8.64. The number of nitrogens with zero attached hydrogens (tertiary/aromatic N) is 1. The van der Waals surface area contributed by atoms with Crippen molar-refractivity contribution in [3.8, 4) is 11.3 Å². The molecule has 25 heavy (non-hydrogen) atoms. The minimum Gasteiger partial charge on any atom is -0.343 e. The lowest BCUT2D eigenvalue weighted by Gasteiger charge is -2.16. The highest BCUT2D eigenvalue weighted by Gasteiger charge is 2.18. The summed E-state index contributed by atoms with van der Waals surface area (Å²) in [4.78, 5) is 10.6. The van der Waals surface area contributed by atoms with E-state index in [4.69, 9.17) is 0 Å². The lowest BCUT2D eigenvalue weighted by Crippen LogP contribution is -2.09. The number of aromatic nitrogens is 3. The smallest absolute Gasteiger partial charge is 0.210 e. The molecule has 0 saturated carbocycles. The number of aromatic amines is 2. The van der Waals surface area contributed by atoms with Crippen molar-refractivity contribution in [2.24, 2.45) is 5.41 Å². The molecule has 3 nitrogen and oxygen atoms in total. The predicted octanol–water partition coefficient (Wildman–Crippen LogP) is 4.73. The van der Waals surface area contributed by atoms with E-state index in [1.54, 1.807) is 6.20 Å². The third kappa shape index (κ3) is 4.75. The number of benzene rings is 1. The molecule has 1 atom stereocenters. The quantitative estimate of drug-likeness (QED) is 0.718. The topological polar surface area (TPSA) is 42.8 Å². The molecule has 0 amide bonds. The molecule has 0 aliphatic rings. The molecule has 130 valence electrons. The average Bonchev–Trinajstić information content (AvgIpc) is 3.03. The average molecular weight is 338 g/mol. The second-order valence-electron chi connectivity index (χ2n) is 7.68. The fourth-order valence-electron chi connectivity index (χ4n) is 2.89. The van der Waals surface area contributed by atoms with Gasteiger partial charge in [0.15, 0.2) is 12.4 Å². The van der Waals surface area contributed by atoms with Gasteiger partial charge in [0.25, 0.3) is 0 Å². The molecule has 2 N–H and O–H groups in total. The molecule has 4 heteroatoms. The fourth-order valence-corrected chi connectivity index (χ4v) is 2.89. The maximum absolute atomic E-state index is 14.6. The molecule has 0 fully saturated rings. The van der Waals surface area contributed by atoms with E-state index in [1.807, 2.05) is 48.7 Å². The van der Waals surface area contributed by atoms with Crippen LogP contribution in [0.2, 0.25) is 0 Å². The Hall–Kier alpha value is -2.49. The molecule has 0 bridgehead atoms. The maximum Gasteiger partial charge on any atom is 0.210 e. The summed E-state index contributed by atoms with van der Waals surface area (Å²) >= 11 is 0. The van der Waals surface area contributed by atoms with E-state index in [9.17, 15) is 4.39 Å². The summed E-state index contributed by atoms with van der Waals surface area (Å²) in [5.41, 5.74) is 4.23. The number of rotatable bonds is 5. The zero-order chi connectivity index (χ0) is 17.9. The molecule has 1 aromatic carbocycles. The summed E-state index contributed by atoms with van der Waals surface area (Å²) in [6.45, 7) is 6.48. The fraction of sp³-hybridized carbons (Fsp3) is 0.333. The zero-order valence-corrected chi connectivity index (χ0v) is 15.0. The summed E-state index contributed by atoms with van der Waals surface area (Å²) in [6, 6.07) is 13.9. The van der Waals surface area contributed by atoms with Crippen LogP contribution in [0.3, 0.4) is 0 Å². The van der Waals surface area contributed by atoms with E-state index in [0.717, 1.165) is 28.9 Å². The Bertz CT molecular complexity index is 801. The molecule has 0 radical (unpaired) electrons. The third-order valence-corrected chi connectivity index (χ3v) is 4.05. The summed E-state index contributed by atoms with van der Waals surface area (Å²) in [5, 5.41) is 0. The minimum absolute atomic E-state index is 0.153. The van der Waals surface area contributed by atoms with Crippen molar-refractivity contribution in [1.82, 2.24) is 9.97 Å². The first-order valence-electron chi connectivity index (χ1n) is 8.64. The molecule has 2 aromatic heterocycles. The van der Waals surface area contributed by atoms with E-state index in [2.05, 4.69) is 35.7 Å². The van der Waals surface area contributed by atoms with Gasteiger partial charge < -0.3 is 4.98 Å². The predicted molar refractivity (Wildman–Crippen MR) is 97.7 cm³/mol. The van der Waals surface area contributed by atoms with E-state index < -0.39 is 6.17 Å². The molecule has 1 unspecified atom stereocenters. The van der Waals surface area contributed by atoms with Gasteiger partial charge in [-0.3, -0.25) is 0 Å². The van der Waals surface area contributed by atoms with Crippen LogP contribution < -0.4 is 4.98 Å². The van der Waals surface area contributed by atoms with Gasteiger partial charge in [-0.15, -0.1) is 0 Å². The van der Waals surface area contributed by atoms with Crippen LogP contribution in [0.25, 0.3) is 11.3 Å². The van der Waals surface area contributed by atoms with Crippen molar-refractivity contribution in [3.63, 3.8) is 0 Å². The van der Waals surface area contributed by atoms with Gasteiger partial charge in [-0.05, 0) is 35.6 Å². The number of pyridine rings is 1. The Balaban J connectivity index is 1.66. The van der Waals surface area contributed by atoms with E-state index >= 15 is 0 Å².